The Morgan fingerprint density at radius 1 is 0.921 bits per heavy atom. The third kappa shape index (κ3) is 6.22. The fourth-order valence-corrected chi connectivity index (χ4v) is 5.66. The summed E-state index contributed by atoms with van der Waals surface area (Å²) in [4.78, 5) is 30.2. The lowest BCUT2D eigenvalue weighted by molar-refractivity contribution is -0.138. The summed E-state index contributed by atoms with van der Waals surface area (Å²) in [6.45, 7) is 4.28. The van der Waals surface area contributed by atoms with Crippen LogP contribution in [0.4, 0.5) is 10.1 Å². The minimum Gasteiger partial charge on any atom is -0.508 e. The molecule has 2 heterocycles. The predicted molar refractivity (Wildman–Crippen MR) is 145 cm³/mol. The second-order valence-electron chi connectivity index (χ2n) is 10.4. The van der Waals surface area contributed by atoms with E-state index in [9.17, 15) is 19.1 Å². The van der Waals surface area contributed by atoms with Gasteiger partial charge in [-0.25, -0.2) is 4.39 Å². The second-order valence-corrected chi connectivity index (χ2v) is 10.4. The maximum Gasteiger partial charge on any atom is 0.258 e. The van der Waals surface area contributed by atoms with Gasteiger partial charge in [-0.1, -0.05) is 42.5 Å². The fourth-order valence-electron chi connectivity index (χ4n) is 5.66. The Morgan fingerprint density at radius 2 is 1.66 bits per heavy atom. The number of piperidine rings is 2. The number of hydrogen-bond acceptors (Lipinski definition) is 4. The quantitative estimate of drug-likeness (QED) is 0.461. The number of rotatable bonds is 6. The standard InChI is InChI=1S/C31H34FN3O3/c32-29-13-12-27(36)19-28(29)30(37)33-26-10-8-23(9-11-26)24-14-17-35(18-15-24)31(38)25-7-4-16-34(21-25)20-22-5-2-1-3-6-22/h1-3,5-6,8-13,19,24-25,36H,4,7,14-18,20-21H2,(H,33,37). The highest BCUT2D eigenvalue weighted by molar-refractivity contribution is 6.04. The molecule has 0 bridgehead atoms. The summed E-state index contributed by atoms with van der Waals surface area (Å²) in [6.07, 6.45) is 3.84. The van der Waals surface area contributed by atoms with Crippen molar-refractivity contribution in [1.82, 2.24) is 9.80 Å². The molecule has 2 N–H and O–H groups in total. The summed E-state index contributed by atoms with van der Waals surface area (Å²) in [5, 5.41) is 12.2. The van der Waals surface area contributed by atoms with Crippen LogP contribution in [-0.2, 0) is 11.3 Å². The zero-order valence-corrected chi connectivity index (χ0v) is 21.5. The summed E-state index contributed by atoms with van der Waals surface area (Å²) < 4.78 is 13.9. The molecular weight excluding hydrogens is 481 g/mol. The summed E-state index contributed by atoms with van der Waals surface area (Å²) in [6, 6.07) is 21.4. The van der Waals surface area contributed by atoms with Crippen LogP contribution < -0.4 is 5.32 Å². The normalized spacial score (nSPS) is 18.8. The lowest BCUT2D eigenvalue weighted by Crippen LogP contribution is -2.46. The molecule has 1 atom stereocenters. The predicted octanol–water partition coefficient (Wildman–Crippen LogP) is 5.40. The smallest absolute Gasteiger partial charge is 0.258 e. The van der Waals surface area contributed by atoms with Crippen LogP contribution in [0.3, 0.4) is 0 Å². The number of nitrogens with one attached hydrogen (secondary N) is 1. The highest BCUT2D eigenvalue weighted by atomic mass is 19.1. The number of halogens is 1. The average molecular weight is 516 g/mol. The van der Waals surface area contributed by atoms with Gasteiger partial charge in [0.15, 0.2) is 0 Å². The van der Waals surface area contributed by atoms with Crippen LogP contribution in [0.15, 0.2) is 72.8 Å². The van der Waals surface area contributed by atoms with E-state index in [4.69, 9.17) is 0 Å². The van der Waals surface area contributed by atoms with Crippen molar-refractivity contribution in [2.45, 2.75) is 38.1 Å². The molecule has 0 saturated carbocycles. The molecule has 5 rings (SSSR count). The lowest BCUT2D eigenvalue weighted by Gasteiger charge is -2.38. The molecule has 3 aromatic carbocycles. The number of likely N-dealkylation sites (tertiary alicyclic amines) is 2. The topological polar surface area (TPSA) is 72.9 Å². The highest BCUT2D eigenvalue weighted by Gasteiger charge is 2.31. The first-order valence-corrected chi connectivity index (χ1v) is 13.4. The van der Waals surface area contributed by atoms with Gasteiger partial charge in [0, 0.05) is 31.9 Å². The number of benzene rings is 3. The number of phenols is 1. The molecular formula is C31H34FN3O3. The van der Waals surface area contributed by atoms with Gasteiger partial charge >= 0.3 is 0 Å². The molecule has 2 aliphatic heterocycles. The van der Waals surface area contributed by atoms with Crippen LogP contribution in [0, 0.1) is 11.7 Å². The van der Waals surface area contributed by atoms with E-state index < -0.39 is 11.7 Å². The van der Waals surface area contributed by atoms with Crippen LogP contribution in [0.2, 0.25) is 0 Å². The molecule has 0 spiro atoms. The van der Waals surface area contributed by atoms with Gasteiger partial charge in [-0.2, -0.15) is 0 Å². The van der Waals surface area contributed by atoms with Crippen LogP contribution in [0.5, 0.6) is 5.75 Å². The summed E-state index contributed by atoms with van der Waals surface area (Å²) >= 11 is 0. The molecule has 2 fully saturated rings. The molecule has 2 amide bonds. The van der Waals surface area contributed by atoms with E-state index >= 15 is 0 Å². The van der Waals surface area contributed by atoms with Gasteiger partial charge in [-0.3, -0.25) is 14.5 Å². The minimum absolute atomic E-state index is 0.0725. The molecule has 2 aliphatic rings. The van der Waals surface area contributed by atoms with Gasteiger partial charge in [0.2, 0.25) is 5.91 Å². The van der Waals surface area contributed by atoms with Crippen molar-refractivity contribution in [3.05, 3.63) is 95.3 Å². The number of carbonyl (C=O) groups excluding carboxylic acids is 2. The maximum absolute atomic E-state index is 13.9. The molecule has 7 heteroatoms. The third-order valence-corrected chi connectivity index (χ3v) is 7.74. The van der Waals surface area contributed by atoms with Crippen molar-refractivity contribution in [3.63, 3.8) is 0 Å². The van der Waals surface area contributed by atoms with Crippen LogP contribution in [-0.4, -0.2) is 52.9 Å². The number of carbonyl (C=O) groups is 2. The van der Waals surface area contributed by atoms with Gasteiger partial charge in [0.05, 0.1) is 11.5 Å². The first-order valence-electron chi connectivity index (χ1n) is 13.4. The van der Waals surface area contributed by atoms with Gasteiger partial charge < -0.3 is 15.3 Å². The van der Waals surface area contributed by atoms with Crippen LogP contribution in [0.1, 0.15) is 53.1 Å². The molecule has 6 nitrogen and oxygen atoms in total. The number of phenolic OH excluding ortho intramolecular Hbond substituents is 1. The van der Waals surface area contributed by atoms with E-state index in [1.54, 1.807) is 0 Å². The van der Waals surface area contributed by atoms with Crippen LogP contribution >= 0.6 is 0 Å². The largest absolute Gasteiger partial charge is 0.508 e. The van der Waals surface area contributed by atoms with E-state index in [2.05, 4.69) is 34.5 Å². The lowest BCUT2D eigenvalue weighted by atomic mass is 9.88. The first-order chi connectivity index (χ1) is 18.5. The molecule has 0 aromatic heterocycles. The van der Waals surface area contributed by atoms with Crippen molar-refractivity contribution < 1.29 is 19.1 Å². The molecule has 2 saturated heterocycles. The van der Waals surface area contributed by atoms with E-state index in [1.807, 2.05) is 35.2 Å². The molecule has 0 radical (unpaired) electrons. The van der Waals surface area contributed by atoms with Crippen molar-refractivity contribution in [3.8, 4) is 5.75 Å². The Morgan fingerprint density at radius 3 is 2.39 bits per heavy atom. The van der Waals surface area contributed by atoms with Crippen molar-refractivity contribution in [2.24, 2.45) is 5.92 Å². The molecule has 3 aromatic rings. The first kappa shape index (κ1) is 25.9. The fraction of sp³-hybridized carbons (Fsp3) is 0.355. The Bertz CT molecular complexity index is 1260. The van der Waals surface area contributed by atoms with Crippen molar-refractivity contribution in [2.75, 3.05) is 31.5 Å². The number of aromatic hydroxyl groups is 1. The number of anilines is 1. The Hall–Kier alpha value is -3.71. The van der Waals surface area contributed by atoms with E-state index in [0.717, 1.165) is 70.5 Å². The van der Waals surface area contributed by atoms with Crippen molar-refractivity contribution in [1.29, 1.82) is 0 Å². The second kappa shape index (κ2) is 11.8. The maximum atomic E-state index is 13.9. The van der Waals surface area contributed by atoms with Crippen molar-refractivity contribution >= 4 is 17.5 Å². The number of amides is 2. The monoisotopic (exact) mass is 515 g/mol. The average Bonchev–Trinajstić information content (AvgIpc) is 2.95. The summed E-state index contributed by atoms with van der Waals surface area (Å²) in [5.74, 6) is -0.738. The van der Waals surface area contributed by atoms with E-state index in [-0.39, 0.29) is 17.2 Å². The Kier molecular flexibility index (Phi) is 8.03. The van der Waals surface area contributed by atoms with Gasteiger partial charge in [-0.15, -0.1) is 0 Å². The Balaban J connectivity index is 1.12. The van der Waals surface area contributed by atoms with E-state index in [1.165, 1.54) is 17.2 Å². The molecule has 38 heavy (non-hydrogen) atoms. The molecule has 0 aliphatic carbocycles. The third-order valence-electron chi connectivity index (χ3n) is 7.74. The minimum atomic E-state index is -0.685. The van der Waals surface area contributed by atoms with Crippen LogP contribution in [0.25, 0.3) is 0 Å². The molecule has 1 unspecified atom stereocenters. The summed E-state index contributed by atoms with van der Waals surface area (Å²) in [5.41, 5.74) is 2.82. The van der Waals surface area contributed by atoms with E-state index in [0.29, 0.717) is 17.5 Å². The van der Waals surface area contributed by atoms with Gasteiger partial charge in [0.25, 0.3) is 5.91 Å². The van der Waals surface area contributed by atoms with Gasteiger partial charge in [-0.05, 0) is 79.6 Å². The number of hydrogen-bond donors (Lipinski definition) is 2. The zero-order chi connectivity index (χ0) is 26.5. The highest BCUT2D eigenvalue weighted by Crippen LogP contribution is 2.31. The Labute approximate surface area is 223 Å². The zero-order valence-electron chi connectivity index (χ0n) is 21.5. The SMILES string of the molecule is O=C(Nc1ccc(C2CCN(C(=O)C3CCCN(Cc4ccccc4)C3)CC2)cc1)c1cc(O)ccc1F. The summed E-state index contributed by atoms with van der Waals surface area (Å²) in [7, 11) is 0. The number of nitrogens with zero attached hydrogens (tertiary/aromatic N) is 2. The van der Waals surface area contributed by atoms with Gasteiger partial charge in [0.1, 0.15) is 11.6 Å². The molecule has 198 valence electrons.